The van der Waals surface area contributed by atoms with Gasteiger partial charge in [0.25, 0.3) is 5.97 Å². The van der Waals surface area contributed by atoms with Crippen molar-refractivity contribution in [2.24, 2.45) is 0 Å². The second-order valence-corrected chi connectivity index (χ2v) is 6.70. The van der Waals surface area contributed by atoms with E-state index in [-0.39, 0.29) is 6.61 Å². The Balaban J connectivity index is 0.00000153. The molecule has 0 bridgehead atoms. The Bertz CT molecular complexity index is 712. The van der Waals surface area contributed by atoms with Crippen molar-refractivity contribution in [1.29, 1.82) is 0 Å². The highest BCUT2D eigenvalue weighted by Crippen LogP contribution is 2.33. The summed E-state index contributed by atoms with van der Waals surface area (Å²) in [6, 6.07) is 1.97. The molecule has 1 rings (SSSR count). The van der Waals surface area contributed by atoms with Crippen molar-refractivity contribution in [1.82, 2.24) is 0 Å². The molecule has 0 aromatic heterocycles. The Morgan fingerprint density at radius 2 is 1.81 bits per heavy atom. The van der Waals surface area contributed by atoms with Crippen LogP contribution >= 0.6 is 11.6 Å². The summed E-state index contributed by atoms with van der Waals surface area (Å²) < 4.78 is 5.29. The van der Waals surface area contributed by atoms with E-state index in [0.29, 0.717) is 5.02 Å². The molecule has 150 valence electrons. The van der Waals surface area contributed by atoms with Crippen LogP contribution in [-0.4, -0.2) is 29.9 Å². The van der Waals surface area contributed by atoms with E-state index >= 15 is 0 Å². The van der Waals surface area contributed by atoms with Crippen molar-refractivity contribution >= 4 is 23.6 Å². The number of allylic oxidation sites excluding steroid dienone is 4. The standard InChI is InChI=1S/C20H27ClO2.C2H4O2/c1-14(7-6-8-15(2)11-12-22)9-10-18-16(3)13-19(23-5)20(21)17(18)4;1-2(3)4/h7,9-11,13,22H,6,8,12H2,1-5H3;1H3,(H,3,4). The maximum atomic E-state index is 9.00. The molecule has 0 saturated carbocycles. The molecule has 0 heterocycles. The fourth-order valence-corrected chi connectivity index (χ4v) is 2.64. The fourth-order valence-electron chi connectivity index (χ4n) is 2.41. The van der Waals surface area contributed by atoms with Crippen LogP contribution in [0.3, 0.4) is 0 Å². The van der Waals surface area contributed by atoms with Gasteiger partial charge in [0.1, 0.15) is 5.75 Å². The fraction of sp³-hybridized carbons (Fsp3) is 0.409. The van der Waals surface area contributed by atoms with Gasteiger partial charge in [-0.2, -0.15) is 0 Å². The number of rotatable bonds is 7. The normalized spacial score (nSPS) is 12.0. The summed E-state index contributed by atoms with van der Waals surface area (Å²) in [6.45, 7) is 9.41. The third-order valence-electron chi connectivity index (χ3n) is 3.90. The van der Waals surface area contributed by atoms with Gasteiger partial charge in [-0.05, 0) is 63.3 Å². The second kappa shape index (κ2) is 13.2. The number of ether oxygens (including phenoxy) is 1. The van der Waals surface area contributed by atoms with E-state index in [1.807, 2.05) is 26.0 Å². The van der Waals surface area contributed by atoms with Gasteiger partial charge in [0.05, 0.1) is 18.7 Å². The highest BCUT2D eigenvalue weighted by molar-refractivity contribution is 6.33. The van der Waals surface area contributed by atoms with Gasteiger partial charge in [0, 0.05) is 6.92 Å². The van der Waals surface area contributed by atoms with E-state index < -0.39 is 5.97 Å². The number of halogens is 1. The zero-order chi connectivity index (χ0) is 21.0. The number of benzene rings is 1. The Morgan fingerprint density at radius 1 is 1.22 bits per heavy atom. The van der Waals surface area contributed by atoms with E-state index in [0.717, 1.165) is 42.2 Å². The molecular weight excluding hydrogens is 364 g/mol. The summed E-state index contributed by atoms with van der Waals surface area (Å²) in [4.78, 5) is 9.00. The van der Waals surface area contributed by atoms with Crippen LogP contribution in [0.5, 0.6) is 5.75 Å². The molecule has 0 saturated heterocycles. The molecule has 5 heteroatoms. The largest absolute Gasteiger partial charge is 0.495 e. The Labute approximate surface area is 167 Å². The molecule has 0 atom stereocenters. The molecule has 2 N–H and O–H groups in total. The predicted molar refractivity (Wildman–Crippen MR) is 114 cm³/mol. The second-order valence-electron chi connectivity index (χ2n) is 6.32. The van der Waals surface area contributed by atoms with Crippen molar-refractivity contribution in [2.75, 3.05) is 13.7 Å². The maximum Gasteiger partial charge on any atom is 0.300 e. The van der Waals surface area contributed by atoms with Gasteiger partial charge in [-0.25, -0.2) is 0 Å². The number of hydrogen-bond acceptors (Lipinski definition) is 3. The zero-order valence-electron chi connectivity index (χ0n) is 17.1. The minimum absolute atomic E-state index is 0.116. The number of carboxylic acids is 1. The summed E-state index contributed by atoms with van der Waals surface area (Å²) in [5, 5.41) is 16.9. The number of aliphatic carboxylic acids is 1. The zero-order valence-corrected chi connectivity index (χ0v) is 17.9. The van der Waals surface area contributed by atoms with Gasteiger partial charge >= 0.3 is 0 Å². The number of aryl methyl sites for hydroxylation is 1. The van der Waals surface area contributed by atoms with E-state index in [1.54, 1.807) is 7.11 Å². The van der Waals surface area contributed by atoms with Gasteiger partial charge in [0.15, 0.2) is 0 Å². The molecule has 0 fully saturated rings. The molecule has 0 aliphatic carbocycles. The van der Waals surface area contributed by atoms with Crippen molar-refractivity contribution in [3.05, 3.63) is 57.2 Å². The van der Waals surface area contributed by atoms with Crippen molar-refractivity contribution in [2.45, 2.75) is 47.5 Å². The van der Waals surface area contributed by atoms with Crippen molar-refractivity contribution < 1.29 is 19.7 Å². The minimum atomic E-state index is -0.833. The first kappa shape index (κ1) is 25.0. The van der Waals surface area contributed by atoms with Crippen molar-refractivity contribution in [3.8, 4) is 5.75 Å². The molecule has 0 aliphatic rings. The third-order valence-corrected chi connectivity index (χ3v) is 4.37. The number of methoxy groups -OCH3 is 1. The van der Waals surface area contributed by atoms with Crippen LogP contribution in [-0.2, 0) is 4.79 Å². The first-order valence-electron chi connectivity index (χ1n) is 8.78. The smallest absolute Gasteiger partial charge is 0.300 e. The topological polar surface area (TPSA) is 66.8 Å². The average Bonchev–Trinajstić information content (AvgIpc) is 2.57. The molecular formula is C22H31ClO4. The Kier molecular flexibility index (Phi) is 12.2. The van der Waals surface area contributed by atoms with Gasteiger partial charge in [-0.15, -0.1) is 0 Å². The maximum absolute atomic E-state index is 9.00. The van der Waals surface area contributed by atoms with E-state index in [9.17, 15) is 0 Å². The van der Waals surface area contributed by atoms with Crippen LogP contribution in [0.4, 0.5) is 0 Å². The lowest BCUT2D eigenvalue weighted by atomic mass is 10.0. The number of carbonyl (C=O) groups is 1. The molecule has 1 aromatic rings. The SMILES string of the molecule is CC(=O)O.COc1cc(C)c(C=CC(C)=CCCC(C)=CCO)c(C)c1Cl. The first-order chi connectivity index (χ1) is 12.6. The number of aliphatic hydroxyl groups is 1. The van der Waals surface area contributed by atoms with Gasteiger partial charge in [0.2, 0.25) is 0 Å². The van der Waals surface area contributed by atoms with Gasteiger partial charge in [-0.3, -0.25) is 4.79 Å². The van der Waals surface area contributed by atoms with E-state index in [2.05, 4.69) is 32.1 Å². The average molecular weight is 395 g/mol. The number of aliphatic hydroxyl groups excluding tert-OH is 1. The predicted octanol–water partition coefficient (Wildman–Crippen LogP) is 5.73. The lowest BCUT2D eigenvalue weighted by Crippen LogP contribution is -1.93. The molecule has 0 radical (unpaired) electrons. The molecule has 0 aliphatic heterocycles. The number of hydrogen-bond donors (Lipinski definition) is 2. The van der Waals surface area contributed by atoms with Gasteiger partial charge in [-0.1, -0.05) is 47.1 Å². The van der Waals surface area contributed by atoms with Crippen LogP contribution in [0.25, 0.3) is 6.08 Å². The summed E-state index contributed by atoms with van der Waals surface area (Å²) in [7, 11) is 1.63. The molecule has 0 spiro atoms. The van der Waals surface area contributed by atoms with Gasteiger partial charge < -0.3 is 14.9 Å². The summed E-state index contributed by atoms with van der Waals surface area (Å²) in [5.74, 6) is -0.114. The monoisotopic (exact) mass is 394 g/mol. The lowest BCUT2D eigenvalue weighted by Gasteiger charge is -2.12. The molecule has 0 amide bonds. The molecule has 27 heavy (non-hydrogen) atoms. The highest BCUT2D eigenvalue weighted by atomic mass is 35.5. The summed E-state index contributed by atoms with van der Waals surface area (Å²) in [5.41, 5.74) is 5.76. The quantitative estimate of drug-likeness (QED) is 0.457. The molecule has 0 unspecified atom stereocenters. The van der Waals surface area contributed by atoms with E-state index in [1.165, 1.54) is 11.1 Å². The van der Waals surface area contributed by atoms with Crippen LogP contribution in [0.2, 0.25) is 5.02 Å². The number of carboxylic acid groups (broad SMARTS) is 1. The first-order valence-corrected chi connectivity index (χ1v) is 9.16. The van der Waals surface area contributed by atoms with Crippen molar-refractivity contribution in [3.63, 3.8) is 0 Å². The van der Waals surface area contributed by atoms with Crippen LogP contribution in [0.15, 0.2) is 35.4 Å². The highest BCUT2D eigenvalue weighted by Gasteiger charge is 2.10. The molecule has 1 aromatic carbocycles. The minimum Gasteiger partial charge on any atom is -0.495 e. The lowest BCUT2D eigenvalue weighted by molar-refractivity contribution is -0.134. The Morgan fingerprint density at radius 3 is 2.33 bits per heavy atom. The molecule has 4 nitrogen and oxygen atoms in total. The summed E-state index contributed by atoms with van der Waals surface area (Å²) in [6.07, 6.45) is 10.2. The van der Waals surface area contributed by atoms with E-state index in [4.69, 9.17) is 31.3 Å². The summed E-state index contributed by atoms with van der Waals surface area (Å²) >= 11 is 6.33. The van der Waals surface area contributed by atoms with Crippen LogP contribution < -0.4 is 4.74 Å². The van der Waals surface area contributed by atoms with Crippen LogP contribution in [0.1, 0.15) is 50.3 Å². The van der Waals surface area contributed by atoms with Crippen LogP contribution in [0, 0.1) is 13.8 Å². The Hall–Kier alpha value is -2.04. The third kappa shape index (κ3) is 10.0.